The van der Waals surface area contributed by atoms with Crippen LogP contribution >= 0.6 is 11.6 Å². The van der Waals surface area contributed by atoms with Crippen molar-refractivity contribution in [2.45, 2.75) is 127 Å². The number of aryl methyl sites for hydroxylation is 2. The van der Waals surface area contributed by atoms with E-state index in [0.29, 0.717) is 5.92 Å². The van der Waals surface area contributed by atoms with Gasteiger partial charge in [-0.25, -0.2) is 0 Å². The summed E-state index contributed by atoms with van der Waals surface area (Å²) in [6, 6.07) is 13.4. The highest BCUT2D eigenvalue weighted by Crippen LogP contribution is 2.38. The van der Waals surface area contributed by atoms with E-state index in [2.05, 4.69) is 41.4 Å². The van der Waals surface area contributed by atoms with Crippen LogP contribution < -0.4 is 5.43 Å². The third kappa shape index (κ3) is 5.66. The molecule has 0 aliphatic heterocycles. The molecule has 4 aliphatic rings. The predicted octanol–water partition coefficient (Wildman–Crippen LogP) is 10.3. The van der Waals surface area contributed by atoms with Gasteiger partial charge in [-0.2, -0.15) is 0 Å². The number of rotatable bonds is 2. The zero-order valence-electron chi connectivity index (χ0n) is 25.1. The zero-order valence-corrected chi connectivity index (χ0v) is 25.8. The smallest absolute Gasteiger partial charge is 0.192 e. The van der Waals surface area contributed by atoms with Crippen LogP contribution in [0.1, 0.15) is 135 Å². The van der Waals surface area contributed by atoms with Crippen molar-refractivity contribution in [3.05, 3.63) is 85.3 Å². The summed E-state index contributed by atoms with van der Waals surface area (Å²) >= 11 is 6.73. The number of nitrogens with zero attached hydrogens (tertiary/aromatic N) is 1. The normalized spacial score (nSPS) is 19.6. The molecule has 4 heteroatoms. The molecule has 4 aromatic rings. The topological polar surface area (TPSA) is 45.8 Å². The van der Waals surface area contributed by atoms with E-state index in [-0.39, 0.29) is 5.43 Å². The molecule has 2 heterocycles. The predicted molar refractivity (Wildman–Crippen MR) is 176 cm³/mol. The molecule has 0 atom stereocenters. The molecule has 1 N–H and O–H groups in total. The minimum atomic E-state index is 0.288. The van der Waals surface area contributed by atoms with Gasteiger partial charge in [0.05, 0.1) is 10.5 Å². The van der Waals surface area contributed by atoms with Gasteiger partial charge in [0.1, 0.15) is 0 Å². The number of H-pyrrole nitrogens is 1. The number of benzene rings is 2. The van der Waals surface area contributed by atoms with Crippen LogP contribution in [0.3, 0.4) is 0 Å². The second-order valence-electron chi connectivity index (χ2n) is 13.4. The van der Waals surface area contributed by atoms with Gasteiger partial charge in [0.25, 0.3) is 0 Å². The Morgan fingerprint density at radius 3 is 1.95 bits per heavy atom. The molecule has 42 heavy (non-hydrogen) atoms. The fourth-order valence-corrected chi connectivity index (χ4v) is 8.60. The number of halogens is 1. The van der Waals surface area contributed by atoms with Gasteiger partial charge in [-0.3, -0.25) is 9.78 Å². The summed E-state index contributed by atoms with van der Waals surface area (Å²) in [5.41, 5.74) is 10.0. The summed E-state index contributed by atoms with van der Waals surface area (Å²) in [6.07, 6.45) is 22.5. The van der Waals surface area contributed by atoms with Gasteiger partial charge in [-0.1, -0.05) is 62.3 Å². The number of fused-ring (bicyclic) bond motifs is 4. The molecule has 220 valence electrons. The average Bonchev–Trinajstić information content (AvgIpc) is 3.06. The maximum Gasteiger partial charge on any atom is 0.192 e. The van der Waals surface area contributed by atoms with Crippen LogP contribution in [-0.4, -0.2) is 9.97 Å². The molecule has 3 nitrogen and oxygen atoms in total. The quantitative estimate of drug-likeness (QED) is 0.256. The molecule has 4 aliphatic carbocycles. The average molecular weight is 581 g/mol. The van der Waals surface area contributed by atoms with E-state index in [1.165, 1.54) is 117 Å². The minimum Gasteiger partial charge on any atom is -0.358 e. The first-order valence-corrected chi connectivity index (χ1v) is 17.3. The molecule has 0 spiro atoms. The number of nitrogens with one attached hydrogen (secondary N) is 1. The summed E-state index contributed by atoms with van der Waals surface area (Å²) in [7, 11) is 0. The summed E-state index contributed by atoms with van der Waals surface area (Å²) < 4.78 is 0. The third-order valence-electron chi connectivity index (χ3n) is 10.7. The lowest BCUT2D eigenvalue weighted by molar-refractivity contribution is 0.444. The van der Waals surface area contributed by atoms with Crippen LogP contribution in [0.25, 0.3) is 21.8 Å². The Morgan fingerprint density at radius 2 is 1.24 bits per heavy atom. The highest BCUT2D eigenvalue weighted by Gasteiger charge is 2.21. The molecule has 0 unspecified atom stereocenters. The molecule has 8 rings (SSSR count). The molecular weight excluding hydrogens is 536 g/mol. The fourth-order valence-electron chi connectivity index (χ4n) is 8.24. The van der Waals surface area contributed by atoms with Crippen molar-refractivity contribution in [1.29, 1.82) is 0 Å². The van der Waals surface area contributed by atoms with Crippen molar-refractivity contribution in [2.75, 3.05) is 0 Å². The molecule has 0 radical (unpaired) electrons. The number of hydrogen-bond donors (Lipinski definition) is 1. The van der Waals surface area contributed by atoms with Crippen LogP contribution in [-0.2, 0) is 25.7 Å². The van der Waals surface area contributed by atoms with Gasteiger partial charge in [-0.05, 0) is 130 Å². The van der Waals surface area contributed by atoms with Gasteiger partial charge in [0, 0.05) is 33.2 Å². The molecule has 2 aromatic carbocycles. The lowest BCUT2D eigenvalue weighted by Crippen LogP contribution is -2.18. The highest BCUT2D eigenvalue weighted by molar-refractivity contribution is 6.36. The lowest BCUT2D eigenvalue weighted by atomic mass is 9.83. The van der Waals surface area contributed by atoms with Crippen molar-refractivity contribution in [1.82, 2.24) is 9.97 Å². The van der Waals surface area contributed by atoms with Crippen LogP contribution in [0, 0.1) is 0 Å². The summed E-state index contributed by atoms with van der Waals surface area (Å²) in [6.45, 7) is 0. The van der Waals surface area contributed by atoms with Crippen molar-refractivity contribution in [3.8, 4) is 0 Å². The van der Waals surface area contributed by atoms with Crippen molar-refractivity contribution in [3.63, 3.8) is 0 Å². The molecule has 2 saturated carbocycles. The van der Waals surface area contributed by atoms with Crippen molar-refractivity contribution < 1.29 is 0 Å². The van der Waals surface area contributed by atoms with Gasteiger partial charge < -0.3 is 4.98 Å². The van der Waals surface area contributed by atoms with Crippen LogP contribution in [0.5, 0.6) is 0 Å². The monoisotopic (exact) mass is 580 g/mol. The van der Waals surface area contributed by atoms with Gasteiger partial charge in [0.2, 0.25) is 0 Å². The van der Waals surface area contributed by atoms with Crippen LogP contribution in [0.15, 0.2) is 41.2 Å². The molecular formula is C38H45ClN2O. The lowest BCUT2D eigenvalue weighted by Gasteiger charge is -2.23. The summed E-state index contributed by atoms with van der Waals surface area (Å²) in [4.78, 5) is 21.2. The molecule has 0 amide bonds. The van der Waals surface area contributed by atoms with Gasteiger partial charge >= 0.3 is 0 Å². The Balaban J connectivity index is 0.000000137. The molecule has 2 fully saturated rings. The van der Waals surface area contributed by atoms with Crippen LogP contribution in [0.2, 0.25) is 5.02 Å². The Hall–Kier alpha value is -2.65. The van der Waals surface area contributed by atoms with Gasteiger partial charge in [0.15, 0.2) is 5.43 Å². The largest absolute Gasteiger partial charge is 0.358 e. The van der Waals surface area contributed by atoms with E-state index < -0.39 is 0 Å². The minimum absolute atomic E-state index is 0.288. The van der Waals surface area contributed by atoms with E-state index in [4.69, 9.17) is 16.6 Å². The first-order chi connectivity index (χ1) is 20.7. The molecule has 2 aromatic heterocycles. The first-order valence-electron chi connectivity index (χ1n) is 16.9. The molecule has 0 saturated heterocycles. The Morgan fingerprint density at radius 1 is 0.643 bits per heavy atom. The number of pyridine rings is 2. The fraction of sp³-hybridized carbons (Fsp3) is 0.526. The summed E-state index contributed by atoms with van der Waals surface area (Å²) in [5.74, 6) is 1.40. The Kier molecular flexibility index (Phi) is 8.39. The second kappa shape index (κ2) is 12.5. The van der Waals surface area contributed by atoms with Crippen molar-refractivity contribution in [2.24, 2.45) is 0 Å². The maximum atomic E-state index is 12.8. The van der Waals surface area contributed by atoms with E-state index in [1.807, 2.05) is 0 Å². The number of hydrogen-bond acceptors (Lipinski definition) is 2. The van der Waals surface area contributed by atoms with Crippen LogP contribution in [0.4, 0.5) is 0 Å². The Bertz CT molecular complexity index is 1640. The second-order valence-corrected chi connectivity index (χ2v) is 13.8. The van der Waals surface area contributed by atoms with E-state index >= 15 is 0 Å². The number of aromatic nitrogens is 2. The molecule has 0 bridgehead atoms. The highest BCUT2D eigenvalue weighted by atomic mass is 35.5. The standard InChI is InChI=1S/C19H22ClN.C19H23NO/c20-19-15-8-4-5-9-17(15)21-18-11-10-14(12-16(18)19)13-6-2-1-3-7-13;21-19-15-8-4-5-9-17(15)20-18-11-10-14(12-16(18)19)13-6-2-1-3-7-13/h10-13H,1-9H2;10-13H,1-9H2,(H,20,21). The van der Waals surface area contributed by atoms with Gasteiger partial charge in [-0.15, -0.1) is 0 Å². The zero-order chi connectivity index (χ0) is 28.5. The first kappa shape index (κ1) is 28.1. The van der Waals surface area contributed by atoms with E-state index in [0.717, 1.165) is 65.0 Å². The van der Waals surface area contributed by atoms with E-state index in [9.17, 15) is 4.79 Å². The third-order valence-corrected chi connectivity index (χ3v) is 11.1. The maximum absolute atomic E-state index is 12.8. The Labute approximate surface area is 255 Å². The summed E-state index contributed by atoms with van der Waals surface area (Å²) in [5, 5.41) is 3.08. The number of aromatic amines is 1. The SMILES string of the molecule is Clc1c2c(nc3ccc(C4CCCCC4)cc13)CCCC2.O=c1c2c([nH]c3ccc(C4CCCCC4)cc13)CCCC2. The van der Waals surface area contributed by atoms with Crippen molar-refractivity contribution >= 4 is 33.4 Å². The van der Waals surface area contributed by atoms with E-state index in [1.54, 1.807) is 0 Å².